The summed E-state index contributed by atoms with van der Waals surface area (Å²) in [6.45, 7) is 5.94. The van der Waals surface area contributed by atoms with E-state index in [1.807, 2.05) is 0 Å². The van der Waals surface area contributed by atoms with Gasteiger partial charge < -0.3 is 25.6 Å². The minimum atomic E-state index is -0.258. The van der Waals surface area contributed by atoms with Crippen molar-refractivity contribution >= 4 is 40.9 Å². The molecule has 0 aliphatic carbocycles. The number of nitrogens with zero attached hydrogens (tertiary/aromatic N) is 2. The Labute approximate surface area is 186 Å². The van der Waals surface area contributed by atoms with Crippen LogP contribution >= 0.6 is 11.8 Å². The van der Waals surface area contributed by atoms with Crippen molar-refractivity contribution in [3.05, 3.63) is 36.2 Å². The highest BCUT2D eigenvalue weighted by atomic mass is 32.2. The number of amides is 3. The van der Waals surface area contributed by atoms with Crippen LogP contribution in [0.25, 0.3) is 0 Å². The Kier molecular flexibility index (Phi) is 9.54. The zero-order valence-electron chi connectivity index (χ0n) is 18.0. The van der Waals surface area contributed by atoms with Crippen LogP contribution in [0.3, 0.4) is 0 Å². The maximum absolute atomic E-state index is 12.3. The van der Waals surface area contributed by atoms with Crippen molar-refractivity contribution in [2.75, 3.05) is 22.9 Å². The molecular weight excluding hydrogens is 418 g/mol. The zero-order valence-corrected chi connectivity index (χ0v) is 18.8. The lowest BCUT2D eigenvalue weighted by molar-refractivity contribution is -0.122. The third-order valence-electron chi connectivity index (χ3n) is 4.21. The van der Waals surface area contributed by atoms with E-state index in [1.165, 1.54) is 24.9 Å². The predicted octanol–water partition coefficient (Wildman–Crippen LogP) is 2.23. The van der Waals surface area contributed by atoms with Crippen LogP contribution in [0.4, 0.5) is 11.4 Å². The lowest BCUT2D eigenvalue weighted by Gasteiger charge is -2.12. The summed E-state index contributed by atoms with van der Waals surface area (Å²) in [5.74, 6) is -0.0638. The van der Waals surface area contributed by atoms with Gasteiger partial charge in [-0.1, -0.05) is 31.7 Å². The van der Waals surface area contributed by atoms with E-state index in [2.05, 4.69) is 34.8 Å². The lowest BCUT2D eigenvalue weighted by Crippen LogP contribution is -2.30. The standard InChI is InChI=1S/C21H29N5O4S/c1-14(2)7-8-22-19(29)11-26-18(12-27)10-23-21(26)31-13-20(30)25-17-6-4-5-16(9-17)24-15(3)28/h4-6,9-10,14,27H,7-8,11-13H2,1-3H3,(H,22,29)(H,24,28)(H,25,30). The molecular formula is C21H29N5O4S. The SMILES string of the molecule is CC(=O)Nc1cccc(NC(=O)CSc2ncc(CO)n2CC(=O)NCCC(C)C)c1. The molecule has 2 aromatic rings. The second-order valence-electron chi connectivity index (χ2n) is 7.41. The van der Waals surface area contributed by atoms with Gasteiger partial charge in [-0.05, 0) is 30.5 Å². The van der Waals surface area contributed by atoms with E-state index in [4.69, 9.17) is 0 Å². The summed E-state index contributed by atoms with van der Waals surface area (Å²) in [6.07, 6.45) is 2.38. The number of anilines is 2. The number of aromatic nitrogens is 2. The number of hydrogen-bond acceptors (Lipinski definition) is 6. The molecule has 0 atom stereocenters. The first-order chi connectivity index (χ1) is 14.8. The number of benzene rings is 1. The summed E-state index contributed by atoms with van der Waals surface area (Å²) >= 11 is 1.18. The molecule has 31 heavy (non-hydrogen) atoms. The van der Waals surface area contributed by atoms with Gasteiger partial charge in [0.15, 0.2) is 5.16 Å². The molecule has 0 fully saturated rings. The summed E-state index contributed by atoms with van der Waals surface area (Å²) in [6, 6.07) is 6.84. The molecule has 0 aliphatic rings. The van der Waals surface area contributed by atoms with Gasteiger partial charge in [-0.15, -0.1) is 0 Å². The van der Waals surface area contributed by atoms with E-state index in [0.29, 0.717) is 34.7 Å². The van der Waals surface area contributed by atoms with Gasteiger partial charge in [0.1, 0.15) is 6.54 Å². The van der Waals surface area contributed by atoms with Crippen LogP contribution < -0.4 is 16.0 Å². The van der Waals surface area contributed by atoms with Crippen LogP contribution in [0, 0.1) is 5.92 Å². The van der Waals surface area contributed by atoms with Crippen LogP contribution in [-0.2, 0) is 27.5 Å². The third kappa shape index (κ3) is 8.42. The summed E-state index contributed by atoms with van der Waals surface area (Å²) in [5.41, 5.74) is 1.65. The van der Waals surface area contributed by atoms with Gasteiger partial charge in [-0.3, -0.25) is 14.4 Å². The largest absolute Gasteiger partial charge is 0.390 e. The maximum atomic E-state index is 12.3. The first kappa shape index (κ1) is 24.4. The van der Waals surface area contributed by atoms with Crippen LogP contribution in [0.1, 0.15) is 32.9 Å². The smallest absolute Gasteiger partial charge is 0.240 e. The number of hydrogen-bond donors (Lipinski definition) is 4. The maximum Gasteiger partial charge on any atom is 0.240 e. The van der Waals surface area contributed by atoms with Crippen molar-refractivity contribution in [3.63, 3.8) is 0 Å². The van der Waals surface area contributed by atoms with Crippen molar-refractivity contribution in [2.24, 2.45) is 5.92 Å². The Morgan fingerprint density at radius 2 is 1.87 bits per heavy atom. The zero-order chi connectivity index (χ0) is 22.8. The quantitative estimate of drug-likeness (QED) is 0.392. The molecule has 1 aromatic heterocycles. The number of thioether (sulfide) groups is 1. The van der Waals surface area contributed by atoms with E-state index in [-0.39, 0.29) is 36.6 Å². The van der Waals surface area contributed by atoms with Crippen molar-refractivity contribution in [1.82, 2.24) is 14.9 Å². The highest BCUT2D eigenvalue weighted by molar-refractivity contribution is 7.99. The van der Waals surface area contributed by atoms with E-state index < -0.39 is 0 Å². The van der Waals surface area contributed by atoms with Crippen molar-refractivity contribution in [2.45, 2.75) is 45.5 Å². The van der Waals surface area contributed by atoms with E-state index in [1.54, 1.807) is 28.8 Å². The fourth-order valence-electron chi connectivity index (χ4n) is 2.71. The summed E-state index contributed by atoms with van der Waals surface area (Å²) in [4.78, 5) is 40.0. The average Bonchev–Trinajstić information content (AvgIpc) is 3.07. The predicted molar refractivity (Wildman–Crippen MR) is 121 cm³/mol. The highest BCUT2D eigenvalue weighted by Gasteiger charge is 2.15. The first-order valence-electron chi connectivity index (χ1n) is 10.0. The first-order valence-corrected chi connectivity index (χ1v) is 11.0. The Bertz CT molecular complexity index is 913. The molecule has 1 aromatic carbocycles. The molecule has 3 amide bonds. The second-order valence-corrected chi connectivity index (χ2v) is 8.35. The van der Waals surface area contributed by atoms with E-state index in [9.17, 15) is 19.5 Å². The molecule has 0 saturated carbocycles. The Balaban J connectivity index is 1.94. The summed E-state index contributed by atoms with van der Waals surface area (Å²) in [5, 5.41) is 18.3. The third-order valence-corrected chi connectivity index (χ3v) is 5.20. The fourth-order valence-corrected chi connectivity index (χ4v) is 3.50. The number of nitrogens with one attached hydrogen (secondary N) is 3. The Morgan fingerprint density at radius 1 is 1.16 bits per heavy atom. The molecule has 168 valence electrons. The molecule has 0 radical (unpaired) electrons. The van der Waals surface area contributed by atoms with Gasteiger partial charge in [-0.2, -0.15) is 0 Å². The van der Waals surface area contributed by atoms with E-state index >= 15 is 0 Å². The van der Waals surface area contributed by atoms with Crippen LogP contribution in [0.5, 0.6) is 0 Å². The summed E-state index contributed by atoms with van der Waals surface area (Å²) < 4.78 is 1.61. The number of rotatable bonds is 11. The van der Waals surface area contributed by atoms with E-state index in [0.717, 1.165) is 6.42 Å². The van der Waals surface area contributed by atoms with Gasteiger partial charge in [0.25, 0.3) is 0 Å². The van der Waals surface area contributed by atoms with Gasteiger partial charge >= 0.3 is 0 Å². The molecule has 2 rings (SSSR count). The Morgan fingerprint density at radius 3 is 2.52 bits per heavy atom. The lowest BCUT2D eigenvalue weighted by atomic mass is 10.1. The van der Waals surface area contributed by atoms with Crippen molar-refractivity contribution in [1.29, 1.82) is 0 Å². The minimum Gasteiger partial charge on any atom is -0.390 e. The molecule has 9 nitrogen and oxygen atoms in total. The number of imidazole rings is 1. The number of aliphatic hydroxyl groups excluding tert-OH is 1. The monoisotopic (exact) mass is 447 g/mol. The number of aliphatic hydroxyl groups is 1. The Hall–Kier alpha value is -2.85. The normalized spacial score (nSPS) is 10.7. The molecule has 0 unspecified atom stereocenters. The van der Waals surface area contributed by atoms with Crippen molar-refractivity contribution in [3.8, 4) is 0 Å². The summed E-state index contributed by atoms with van der Waals surface area (Å²) in [7, 11) is 0. The van der Waals surface area contributed by atoms with Gasteiger partial charge in [-0.25, -0.2) is 4.98 Å². The highest BCUT2D eigenvalue weighted by Crippen LogP contribution is 2.20. The van der Waals surface area contributed by atoms with Crippen LogP contribution in [0.15, 0.2) is 35.6 Å². The van der Waals surface area contributed by atoms with Crippen molar-refractivity contribution < 1.29 is 19.5 Å². The molecule has 10 heteroatoms. The molecule has 4 N–H and O–H groups in total. The molecule has 1 heterocycles. The molecule has 0 saturated heterocycles. The number of carbonyl (C=O) groups excluding carboxylic acids is 3. The molecule has 0 aliphatic heterocycles. The van der Waals surface area contributed by atoms with Gasteiger partial charge in [0.05, 0.1) is 24.3 Å². The molecule has 0 spiro atoms. The van der Waals surface area contributed by atoms with Crippen LogP contribution in [0.2, 0.25) is 0 Å². The topological polar surface area (TPSA) is 125 Å². The number of carbonyl (C=O) groups is 3. The fraction of sp³-hybridized carbons (Fsp3) is 0.429. The van der Waals surface area contributed by atoms with Crippen LogP contribution in [-0.4, -0.2) is 44.7 Å². The van der Waals surface area contributed by atoms with Gasteiger partial charge in [0.2, 0.25) is 17.7 Å². The molecule has 0 bridgehead atoms. The second kappa shape index (κ2) is 12.1. The van der Waals surface area contributed by atoms with Gasteiger partial charge in [0, 0.05) is 24.8 Å². The average molecular weight is 448 g/mol. The minimum absolute atomic E-state index is 0.0245.